The van der Waals surface area contributed by atoms with Crippen molar-refractivity contribution in [1.82, 2.24) is 9.88 Å². The van der Waals surface area contributed by atoms with Crippen LogP contribution in [-0.2, 0) is 6.42 Å². The fourth-order valence-corrected chi connectivity index (χ4v) is 5.07. The first-order valence-corrected chi connectivity index (χ1v) is 10.7. The molecule has 0 fully saturated rings. The quantitative estimate of drug-likeness (QED) is 0.622. The molecule has 0 saturated carbocycles. The number of methoxy groups -OCH3 is 2. The van der Waals surface area contributed by atoms with Crippen LogP contribution in [0.25, 0.3) is 10.9 Å². The van der Waals surface area contributed by atoms with Gasteiger partial charge in [-0.25, -0.2) is 0 Å². The lowest BCUT2D eigenvalue weighted by Crippen LogP contribution is -2.55. The minimum Gasteiger partial charge on any atom is -0.497 e. The minimum atomic E-state index is -0.758. The fraction of sp³-hybridized carbons (Fsp3) is 0.440. The molecule has 160 valence electrons. The van der Waals surface area contributed by atoms with E-state index in [2.05, 4.69) is 67.2 Å². The van der Waals surface area contributed by atoms with Gasteiger partial charge in [0.15, 0.2) is 0 Å². The average molecular weight is 409 g/mol. The third kappa shape index (κ3) is 3.26. The predicted octanol–water partition coefficient (Wildman–Crippen LogP) is 4.68. The van der Waals surface area contributed by atoms with Gasteiger partial charge >= 0.3 is 0 Å². The van der Waals surface area contributed by atoms with Crippen LogP contribution in [0, 0.1) is 0 Å². The lowest BCUT2D eigenvalue weighted by molar-refractivity contribution is -0.0591. The summed E-state index contributed by atoms with van der Waals surface area (Å²) in [7, 11) is 5.46. The van der Waals surface area contributed by atoms with Gasteiger partial charge in [0, 0.05) is 28.7 Å². The van der Waals surface area contributed by atoms with Gasteiger partial charge in [0.1, 0.15) is 11.5 Å². The zero-order valence-corrected chi connectivity index (χ0v) is 18.5. The number of rotatable bonds is 6. The first-order chi connectivity index (χ1) is 14.5. The molecule has 0 saturated heterocycles. The number of H-pyrrole nitrogens is 1. The molecular formula is C25H32N2O3. The molecule has 0 aliphatic carbocycles. The fourth-order valence-electron chi connectivity index (χ4n) is 5.07. The Morgan fingerprint density at radius 1 is 1.07 bits per heavy atom. The van der Waals surface area contributed by atoms with Crippen LogP contribution in [0.5, 0.6) is 11.5 Å². The Kier molecular flexibility index (Phi) is 5.51. The van der Waals surface area contributed by atoms with Crippen molar-refractivity contribution in [2.45, 2.75) is 50.8 Å². The van der Waals surface area contributed by atoms with E-state index in [1.54, 1.807) is 14.2 Å². The molecule has 2 heterocycles. The molecule has 5 heteroatoms. The summed E-state index contributed by atoms with van der Waals surface area (Å²) in [6, 6.07) is 14.4. The average Bonchev–Trinajstić information content (AvgIpc) is 3.15. The maximum atomic E-state index is 11.5. The number of nitrogens with one attached hydrogen (secondary N) is 1. The van der Waals surface area contributed by atoms with Crippen molar-refractivity contribution in [2.24, 2.45) is 0 Å². The predicted molar refractivity (Wildman–Crippen MR) is 120 cm³/mol. The molecule has 0 spiro atoms. The molecule has 1 aromatic heterocycles. The molecule has 1 aliphatic heterocycles. The van der Waals surface area contributed by atoms with Gasteiger partial charge < -0.3 is 19.6 Å². The number of benzene rings is 2. The summed E-state index contributed by atoms with van der Waals surface area (Å²) in [5.41, 5.74) is 3.93. The van der Waals surface area contributed by atoms with Crippen LogP contribution >= 0.6 is 0 Å². The summed E-state index contributed by atoms with van der Waals surface area (Å²) in [6.45, 7) is 4.15. The summed E-state index contributed by atoms with van der Waals surface area (Å²) < 4.78 is 11.1. The molecule has 3 aromatic rings. The smallest absolute Gasteiger partial charge is 0.122 e. The van der Waals surface area contributed by atoms with Crippen LogP contribution < -0.4 is 9.47 Å². The highest BCUT2D eigenvalue weighted by molar-refractivity contribution is 5.85. The number of aromatic nitrogens is 1. The number of aromatic amines is 1. The SMILES string of the molecule is CCC(O)(CC)[C@@H]1Cc2c([nH]c3ccccc23)[C@@H](c2cc(OC)cc(OC)c2)N1C. The molecule has 2 atom stereocenters. The number of likely N-dealkylation sites (N-methyl/N-ethyl adjacent to an activating group) is 1. The second kappa shape index (κ2) is 7.97. The van der Waals surface area contributed by atoms with Gasteiger partial charge in [-0.2, -0.15) is 0 Å². The monoisotopic (exact) mass is 408 g/mol. The molecule has 0 radical (unpaired) electrons. The largest absolute Gasteiger partial charge is 0.497 e. The first kappa shape index (κ1) is 20.8. The van der Waals surface area contributed by atoms with Crippen molar-refractivity contribution in [2.75, 3.05) is 21.3 Å². The van der Waals surface area contributed by atoms with Crippen LogP contribution in [0.3, 0.4) is 0 Å². The highest BCUT2D eigenvalue weighted by Crippen LogP contribution is 2.44. The van der Waals surface area contributed by atoms with E-state index in [9.17, 15) is 5.11 Å². The van der Waals surface area contributed by atoms with Gasteiger partial charge in [0.2, 0.25) is 0 Å². The summed E-state index contributed by atoms with van der Waals surface area (Å²) >= 11 is 0. The molecular weight excluding hydrogens is 376 g/mol. The van der Waals surface area contributed by atoms with Crippen molar-refractivity contribution in [3.8, 4) is 11.5 Å². The van der Waals surface area contributed by atoms with Gasteiger partial charge in [0.25, 0.3) is 0 Å². The summed E-state index contributed by atoms with van der Waals surface area (Å²) in [5, 5.41) is 12.8. The van der Waals surface area contributed by atoms with Crippen molar-refractivity contribution < 1.29 is 14.6 Å². The number of fused-ring (bicyclic) bond motifs is 3. The summed E-state index contributed by atoms with van der Waals surface area (Å²) in [6.07, 6.45) is 2.24. The molecule has 4 rings (SSSR count). The van der Waals surface area contributed by atoms with E-state index in [0.29, 0.717) is 12.8 Å². The molecule has 2 aromatic carbocycles. The maximum absolute atomic E-state index is 11.5. The third-order valence-electron chi connectivity index (χ3n) is 6.95. The van der Waals surface area contributed by atoms with Crippen molar-refractivity contribution >= 4 is 10.9 Å². The van der Waals surface area contributed by atoms with Gasteiger partial charge in [-0.15, -0.1) is 0 Å². The highest BCUT2D eigenvalue weighted by Gasteiger charge is 2.44. The van der Waals surface area contributed by atoms with Gasteiger partial charge in [-0.05, 0) is 55.6 Å². The van der Waals surface area contributed by atoms with E-state index in [4.69, 9.17) is 9.47 Å². The number of ether oxygens (including phenoxy) is 2. The van der Waals surface area contributed by atoms with E-state index in [-0.39, 0.29) is 12.1 Å². The Bertz CT molecular complexity index is 1020. The van der Waals surface area contributed by atoms with E-state index in [0.717, 1.165) is 29.0 Å². The second-order valence-corrected chi connectivity index (χ2v) is 8.31. The number of para-hydroxylation sites is 1. The summed E-state index contributed by atoms with van der Waals surface area (Å²) in [5.74, 6) is 1.53. The third-order valence-corrected chi connectivity index (χ3v) is 6.95. The topological polar surface area (TPSA) is 57.7 Å². The number of hydrogen-bond donors (Lipinski definition) is 2. The molecule has 2 N–H and O–H groups in total. The van der Waals surface area contributed by atoms with Crippen LogP contribution in [-0.4, -0.2) is 47.9 Å². The van der Waals surface area contributed by atoms with Crippen LogP contribution in [0.15, 0.2) is 42.5 Å². The number of nitrogens with zero attached hydrogens (tertiary/aromatic N) is 1. The number of hydrogen-bond acceptors (Lipinski definition) is 4. The lowest BCUT2D eigenvalue weighted by Gasteiger charge is -2.47. The van der Waals surface area contributed by atoms with Gasteiger partial charge in [0.05, 0.1) is 25.9 Å². The standard InChI is InChI=1S/C25H32N2O3/c1-6-25(28,7-2)22-15-20-19-10-8-9-11-21(19)26-23(20)24(27(22)3)16-12-17(29-4)14-18(13-16)30-5/h8-14,22,24,26,28H,6-7,15H2,1-5H3/t22-,24+/m0/s1. The Balaban J connectivity index is 1.95. The zero-order valence-electron chi connectivity index (χ0n) is 18.5. The Morgan fingerprint density at radius 3 is 2.30 bits per heavy atom. The lowest BCUT2D eigenvalue weighted by atomic mass is 9.78. The molecule has 0 unspecified atom stereocenters. The van der Waals surface area contributed by atoms with E-state index >= 15 is 0 Å². The van der Waals surface area contributed by atoms with E-state index in [1.165, 1.54) is 16.6 Å². The number of aliphatic hydroxyl groups is 1. The van der Waals surface area contributed by atoms with Gasteiger partial charge in [-0.1, -0.05) is 32.0 Å². The molecule has 0 amide bonds. The molecule has 5 nitrogen and oxygen atoms in total. The maximum Gasteiger partial charge on any atom is 0.122 e. The van der Waals surface area contributed by atoms with Crippen molar-refractivity contribution in [3.63, 3.8) is 0 Å². The van der Waals surface area contributed by atoms with Crippen LogP contribution in [0.2, 0.25) is 0 Å². The molecule has 1 aliphatic rings. The van der Waals surface area contributed by atoms with E-state index < -0.39 is 5.60 Å². The Hall–Kier alpha value is -2.50. The van der Waals surface area contributed by atoms with Gasteiger partial charge in [-0.3, -0.25) is 4.90 Å². The summed E-state index contributed by atoms with van der Waals surface area (Å²) in [4.78, 5) is 5.99. The molecule has 0 bridgehead atoms. The first-order valence-electron chi connectivity index (χ1n) is 10.7. The van der Waals surface area contributed by atoms with E-state index in [1.807, 2.05) is 6.07 Å². The highest BCUT2D eigenvalue weighted by atomic mass is 16.5. The Labute approximate surface area is 178 Å². The normalized spacial score (nSPS) is 19.7. The minimum absolute atomic E-state index is 0.00130. The molecule has 30 heavy (non-hydrogen) atoms. The van der Waals surface area contributed by atoms with Crippen LogP contribution in [0.1, 0.15) is 49.6 Å². The second-order valence-electron chi connectivity index (χ2n) is 8.31. The van der Waals surface area contributed by atoms with Crippen LogP contribution in [0.4, 0.5) is 0 Å². The Morgan fingerprint density at radius 2 is 1.70 bits per heavy atom. The van der Waals surface area contributed by atoms with Crippen molar-refractivity contribution in [1.29, 1.82) is 0 Å². The van der Waals surface area contributed by atoms with Crippen molar-refractivity contribution in [3.05, 3.63) is 59.3 Å². The zero-order chi connectivity index (χ0) is 21.5.